The number of hydrogen-bond donors (Lipinski definition) is 3. The fraction of sp³-hybridized carbons (Fsp3) is 0.706. The number of carboxylic acids is 1. The van der Waals surface area contributed by atoms with Gasteiger partial charge in [-0.1, -0.05) is 33.1 Å². The minimum absolute atomic E-state index is 0. The van der Waals surface area contributed by atoms with Gasteiger partial charge in [-0.25, -0.2) is 0 Å². The number of Topliss-reactive ketones (excluding diaryl/α,β-unsaturated/α-hetero) is 2. The van der Waals surface area contributed by atoms with Crippen molar-refractivity contribution in [1.29, 1.82) is 0 Å². The van der Waals surface area contributed by atoms with Gasteiger partial charge in [0.05, 0.1) is 5.97 Å². The van der Waals surface area contributed by atoms with Gasteiger partial charge in [-0.15, -0.1) is 0 Å². The van der Waals surface area contributed by atoms with Crippen LogP contribution in [0.4, 0.5) is 0 Å². The third kappa shape index (κ3) is 5.10. The maximum Gasteiger partial charge on any atom is 1.00 e. The fourth-order valence-electron chi connectivity index (χ4n) is 3.58. The summed E-state index contributed by atoms with van der Waals surface area (Å²) in [6.07, 6.45) is -0.0628. The third-order valence-electron chi connectivity index (χ3n) is 4.96. The SMILES string of the molecule is CCCCCCC(O)(O)C(CC)(C1=C(C(=O)[O-])C(=O)CCC1=O)S(=O)(=O)O.[Na+]. The molecule has 0 aliphatic heterocycles. The molecule has 0 saturated heterocycles. The van der Waals surface area contributed by atoms with Crippen molar-refractivity contribution in [2.75, 3.05) is 0 Å². The molecule has 0 fully saturated rings. The number of hydrogen-bond acceptors (Lipinski definition) is 8. The molecule has 1 unspecified atom stereocenters. The van der Waals surface area contributed by atoms with E-state index in [9.17, 15) is 42.7 Å². The summed E-state index contributed by atoms with van der Waals surface area (Å²) in [6.45, 7) is 3.05. The first kappa shape index (κ1) is 27.4. The van der Waals surface area contributed by atoms with E-state index in [-0.39, 0.29) is 36.0 Å². The molecule has 154 valence electrons. The van der Waals surface area contributed by atoms with Gasteiger partial charge in [0.1, 0.15) is 0 Å². The molecule has 11 heteroatoms. The Morgan fingerprint density at radius 3 is 2.04 bits per heavy atom. The quantitative estimate of drug-likeness (QED) is 0.106. The first-order valence-electron chi connectivity index (χ1n) is 8.81. The minimum atomic E-state index is -5.42. The van der Waals surface area contributed by atoms with Gasteiger partial charge in [0, 0.05) is 30.4 Å². The zero-order valence-electron chi connectivity index (χ0n) is 16.4. The van der Waals surface area contributed by atoms with Crippen molar-refractivity contribution in [3.63, 3.8) is 0 Å². The molecule has 0 aromatic carbocycles. The Morgan fingerprint density at radius 1 is 1.07 bits per heavy atom. The standard InChI is InChI=1S/C17H26O9S.Na/c1-3-5-6-7-10-17(22,23)16(4-2,27(24,25)26)14-12(19)9-8-11(18)13(14)15(20)21;/h22-23H,3-10H2,1-2H3,(H,20,21)(H,24,25,26);/q;+1/p-1. The number of aliphatic carboxylic acids is 1. The summed E-state index contributed by atoms with van der Waals surface area (Å²) < 4.78 is 31.3. The van der Waals surface area contributed by atoms with Crippen LogP contribution in [0.3, 0.4) is 0 Å². The van der Waals surface area contributed by atoms with Crippen LogP contribution in [0.2, 0.25) is 0 Å². The molecule has 1 aliphatic carbocycles. The van der Waals surface area contributed by atoms with Crippen LogP contribution in [0.5, 0.6) is 0 Å². The van der Waals surface area contributed by atoms with Crippen LogP contribution in [-0.2, 0) is 24.5 Å². The summed E-state index contributed by atoms with van der Waals surface area (Å²) in [5, 5.41) is 32.7. The Bertz CT molecular complexity index is 755. The van der Waals surface area contributed by atoms with Crippen LogP contribution in [-0.4, -0.2) is 51.3 Å². The first-order chi connectivity index (χ1) is 12.4. The number of carbonyl (C=O) groups is 3. The summed E-state index contributed by atoms with van der Waals surface area (Å²) in [6, 6.07) is 0. The maximum atomic E-state index is 12.4. The minimum Gasteiger partial charge on any atom is -0.545 e. The van der Waals surface area contributed by atoms with E-state index in [1.807, 2.05) is 6.92 Å². The Labute approximate surface area is 186 Å². The molecule has 0 spiro atoms. The maximum absolute atomic E-state index is 12.4. The summed E-state index contributed by atoms with van der Waals surface area (Å²) in [7, 11) is -5.42. The molecule has 0 amide bonds. The van der Waals surface area contributed by atoms with E-state index in [4.69, 9.17) is 0 Å². The Morgan fingerprint density at radius 2 is 1.61 bits per heavy atom. The van der Waals surface area contributed by atoms with Gasteiger partial charge in [-0.05, 0) is 12.8 Å². The van der Waals surface area contributed by atoms with Crippen molar-refractivity contribution in [2.24, 2.45) is 0 Å². The molecular weight excluding hydrogens is 403 g/mol. The third-order valence-corrected chi connectivity index (χ3v) is 6.66. The number of aliphatic hydroxyl groups is 2. The fourth-order valence-corrected chi connectivity index (χ4v) is 4.93. The van der Waals surface area contributed by atoms with E-state index in [1.165, 1.54) is 0 Å². The van der Waals surface area contributed by atoms with Crippen molar-refractivity contribution < 1.29 is 72.2 Å². The second kappa shape index (κ2) is 10.4. The number of ketones is 2. The normalized spacial score (nSPS) is 17.9. The zero-order chi connectivity index (χ0) is 21.0. The van der Waals surface area contributed by atoms with Gasteiger partial charge in [0.25, 0.3) is 10.1 Å². The van der Waals surface area contributed by atoms with Crippen LogP contribution in [0.25, 0.3) is 0 Å². The van der Waals surface area contributed by atoms with Crippen molar-refractivity contribution in [3.05, 3.63) is 11.1 Å². The van der Waals surface area contributed by atoms with Crippen LogP contribution in [0.15, 0.2) is 11.1 Å². The predicted octanol–water partition coefficient (Wildman–Crippen LogP) is -3.34. The molecule has 3 N–H and O–H groups in total. The summed E-state index contributed by atoms with van der Waals surface area (Å²) >= 11 is 0. The van der Waals surface area contributed by atoms with Crippen molar-refractivity contribution >= 4 is 27.7 Å². The van der Waals surface area contributed by atoms with E-state index >= 15 is 0 Å². The molecule has 1 atom stereocenters. The zero-order valence-corrected chi connectivity index (χ0v) is 19.2. The summed E-state index contributed by atoms with van der Waals surface area (Å²) in [5.41, 5.74) is -2.35. The van der Waals surface area contributed by atoms with Gasteiger partial charge < -0.3 is 20.1 Å². The van der Waals surface area contributed by atoms with Crippen LogP contribution in [0, 0.1) is 0 Å². The van der Waals surface area contributed by atoms with Crippen LogP contribution in [0.1, 0.15) is 65.2 Å². The summed E-state index contributed by atoms with van der Waals surface area (Å²) in [5.74, 6) is -7.40. The number of carbonyl (C=O) groups excluding carboxylic acids is 3. The molecule has 0 radical (unpaired) electrons. The molecule has 0 bridgehead atoms. The first-order valence-corrected chi connectivity index (χ1v) is 10.3. The summed E-state index contributed by atoms with van der Waals surface area (Å²) in [4.78, 5) is 35.9. The van der Waals surface area contributed by atoms with E-state index in [2.05, 4.69) is 0 Å². The molecular formula is C17H25NaO9S. The number of rotatable bonds is 10. The van der Waals surface area contributed by atoms with Crippen molar-refractivity contribution in [2.45, 2.75) is 75.7 Å². The van der Waals surface area contributed by atoms with Crippen molar-refractivity contribution in [1.82, 2.24) is 0 Å². The molecule has 1 rings (SSSR count). The number of unbranched alkanes of at least 4 members (excludes halogenated alkanes) is 3. The molecule has 28 heavy (non-hydrogen) atoms. The Hall–Kier alpha value is -0.620. The molecule has 1 aliphatic rings. The smallest absolute Gasteiger partial charge is 0.545 e. The van der Waals surface area contributed by atoms with Gasteiger partial charge in [-0.3, -0.25) is 14.1 Å². The van der Waals surface area contributed by atoms with Crippen LogP contribution < -0.4 is 34.7 Å². The predicted molar refractivity (Wildman–Crippen MR) is 91.8 cm³/mol. The number of carboxylic acid groups (broad SMARTS) is 1. The van der Waals surface area contributed by atoms with Gasteiger partial charge in [0.2, 0.25) is 0 Å². The van der Waals surface area contributed by atoms with Gasteiger partial charge >= 0.3 is 29.6 Å². The second-order valence-electron chi connectivity index (χ2n) is 6.67. The Kier molecular flexibility index (Phi) is 10.2. The second-order valence-corrected chi connectivity index (χ2v) is 8.31. The molecule has 9 nitrogen and oxygen atoms in total. The molecule has 0 saturated carbocycles. The Balaban J connectivity index is 0.00000729. The van der Waals surface area contributed by atoms with E-state index in [0.29, 0.717) is 6.42 Å². The van der Waals surface area contributed by atoms with E-state index in [0.717, 1.165) is 19.8 Å². The van der Waals surface area contributed by atoms with Crippen LogP contribution >= 0.6 is 0 Å². The van der Waals surface area contributed by atoms with Crippen molar-refractivity contribution in [3.8, 4) is 0 Å². The molecule has 0 heterocycles. The largest absolute Gasteiger partial charge is 1.00 e. The van der Waals surface area contributed by atoms with Gasteiger partial charge in [-0.2, -0.15) is 8.42 Å². The van der Waals surface area contributed by atoms with Gasteiger partial charge in [0.15, 0.2) is 22.1 Å². The van der Waals surface area contributed by atoms with E-state index < -0.39 is 75.0 Å². The average molecular weight is 428 g/mol. The average Bonchev–Trinajstić information content (AvgIpc) is 2.54. The topological polar surface area (TPSA) is 169 Å². The van der Waals surface area contributed by atoms with E-state index in [1.54, 1.807) is 0 Å². The monoisotopic (exact) mass is 428 g/mol. The molecule has 0 aromatic heterocycles. The molecule has 0 aromatic rings.